The van der Waals surface area contributed by atoms with Crippen molar-refractivity contribution in [3.05, 3.63) is 29.8 Å². The van der Waals surface area contributed by atoms with Gasteiger partial charge in [-0.1, -0.05) is 26.0 Å². The van der Waals surface area contributed by atoms with Gasteiger partial charge in [-0.3, -0.25) is 9.69 Å². The van der Waals surface area contributed by atoms with Crippen LogP contribution in [0.3, 0.4) is 0 Å². The highest BCUT2D eigenvalue weighted by molar-refractivity contribution is 5.85. The molecule has 3 N–H and O–H groups in total. The molecule has 7 heteroatoms. The predicted octanol–water partition coefficient (Wildman–Crippen LogP) is 3.17. The quantitative estimate of drug-likeness (QED) is 0.640. The molecule has 2 unspecified atom stereocenters. The van der Waals surface area contributed by atoms with Crippen molar-refractivity contribution in [3.63, 3.8) is 0 Å². The summed E-state index contributed by atoms with van der Waals surface area (Å²) < 4.78 is 5.32. The number of nitrogens with one attached hydrogen (secondary N) is 1. The van der Waals surface area contributed by atoms with Crippen LogP contribution in [0.5, 0.6) is 5.75 Å². The molecule has 2 atom stereocenters. The van der Waals surface area contributed by atoms with Crippen LogP contribution >= 0.6 is 24.8 Å². The summed E-state index contributed by atoms with van der Waals surface area (Å²) >= 11 is 0. The van der Waals surface area contributed by atoms with Gasteiger partial charge >= 0.3 is 0 Å². The molecular weight excluding hydrogens is 361 g/mol. The minimum absolute atomic E-state index is 0. The predicted molar refractivity (Wildman–Crippen MR) is 109 cm³/mol. The molecule has 0 saturated heterocycles. The van der Waals surface area contributed by atoms with Crippen LogP contribution in [0.25, 0.3) is 0 Å². The molecule has 0 bridgehead atoms. The maximum atomic E-state index is 12.0. The van der Waals surface area contributed by atoms with E-state index < -0.39 is 0 Å². The summed E-state index contributed by atoms with van der Waals surface area (Å²) in [6.07, 6.45) is 1.18. The number of benzene rings is 1. The third-order valence-electron chi connectivity index (χ3n) is 4.05. The molecule has 1 aromatic carbocycles. The van der Waals surface area contributed by atoms with Crippen molar-refractivity contribution in [2.24, 2.45) is 5.73 Å². The first-order valence-electron chi connectivity index (χ1n) is 8.42. The van der Waals surface area contributed by atoms with Gasteiger partial charge in [0, 0.05) is 19.0 Å². The highest BCUT2D eigenvalue weighted by Gasteiger charge is 2.19. The van der Waals surface area contributed by atoms with Gasteiger partial charge in [0.05, 0.1) is 13.2 Å². The zero-order chi connectivity index (χ0) is 17.2. The number of likely N-dealkylation sites (N-methyl/N-ethyl adjacent to an activating group) is 1. The van der Waals surface area contributed by atoms with Crippen LogP contribution in [0.15, 0.2) is 24.3 Å². The summed E-state index contributed by atoms with van der Waals surface area (Å²) in [5, 5.41) is 3.05. The number of carbonyl (C=O) groups excluding carboxylic acids is 1. The summed E-state index contributed by atoms with van der Waals surface area (Å²) in [5.74, 6) is 0.894. The van der Waals surface area contributed by atoms with E-state index in [0.717, 1.165) is 24.4 Å². The van der Waals surface area contributed by atoms with Crippen LogP contribution in [0.4, 0.5) is 0 Å². The standard InChI is InChI=1S/C18H31N3O2.2ClH/c1-5-21(6-2)17(13-20-18(22)11-10-14(3)19)15-8-7-9-16(12-15)23-4;;/h7-9,12,14,17H,5-6,10-11,13,19H2,1-4H3,(H,20,22);2*1H. The van der Waals surface area contributed by atoms with Gasteiger partial charge in [-0.15, -0.1) is 24.8 Å². The highest BCUT2D eigenvalue weighted by atomic mass is 35.5. The molecule has 1 amide bonds. The van der Waals surface area contributed by atoms with E-state index in [-0.39, 0.29) is 42.8 Å². The normalized spacial score (nSPS) is 12.6. The maximum Gasteiger partial charge on any atom is 0.220 e. The smallest absolute Gasteiger partial charge is 0.220 e. The largest absolute Gasteiger partial charge is 0.497 e. The second-order valence-corrected chi connectivity index (χ2v) is 5.83. The Labute approximate surface area is 164 Å². The van der Waals surface area contributed by atoms with Gasteiger partial charge in [0.25, 0.3) is 0 Å². The molecule has 0 fully saturated rings. The Bertz CT molecular complexity index is 483. The van der Waals surface area contributed by atoms with Gasteiger partial charge < -0.3 is 15.8 Å². The van der Waals surface area contributed by atoms with Gasteiger partial charge in [0.1, 0.15) is 5.75 Å². The Kier molecular flexibility index (Phi) is 14.9. The zero-order valence-corrected chi connectivity index (χ0v) is 17.3. The fourth-order valence-electron chi connectivity index (χ4n) is 2.63. The number of amides is 1. The van der Waals surface area contributed by atoms with E-state index in [1.807, 2.05) is 25.1 Å². The number of nitrogens with two attached hydrogens (primary N) is 1. The third kappa shape index (κ3) is 9.31. The van der Waals surface area contributed by atoms with E-state index >= 15 is 0 Å². The number of hydrogen-bond donors (Lipinski definition) is 2. The number of carbonyl (C=O) groups is 1. The van der Waals surface area contributed by atoms with Crippen molar-refractivity contribution in [2.75, 3.05) is 26.7 Å². The van der Waals surface area contributed by atoms with Crippen LogP contribution in [0.1, 0.15) is 45.2 Å². The SMILES string of the molecule is CCN(CC)C(CNC(=O)CCC(C)N)c1cccc(OC)c1.Cl.Cl. The topological polar surface area (TPSA) is 67.6 Å². The highest BCUT2D eigenvalue weighted by Crippen LogP contribution is 2.23. The molecule has 0 aliphatic rings. The molecule has 1 rings (SSSR count). The first-order chi connectivity index (χ1) is 11.0. The lowest BCUT2D eigenvalue weighted by Gasteiger charge is -2.30. The lowest BCUT2D eigenvalue weighted by Crippen LogP contribution is -2.38. The molecular formula is C18H33Cl2N3O2. The Morgan fingerprint density at radius 1 is 1.28 bits per heavy atom. The second kappa shape index (κ2) is 14.2. The lowest BCUT2D eigenvalue weighted by molar-refractivity contribution is -0.121. The average Bonchev–Trinajstić information content (AvgIpc) is 2.56. The van der Waals surface area contributed by atoms with Gasteiger partial charge in [-0.05, 0) is 44.1 Å². The van der Waals surface area contributed by atoms with Crippen LogP contribution in [-0.4, -0.2) is 43.6 Å². The Hall–Kier alpha value is -1.01. The molecule has 5 nitrogen and oxygen atoms in total. The Morgan fingerprint density at radius 3 is 2.44 bits per heavy atom. The number of ether oxygens (including phenoxy) is 1. The van der Waals surface area contributed by atoms with Crippen LogP contribution in [0, 0.1) is 0 Å². The van der Waals surface area contributed by atoms with Crippen molar-refractivity contribution < 1.29 is 9.53 Å². The number of hydrogen-bond acceptors (Lipinski definition) is 4. The molecule has 25 heavy (non-hydrogen) atoms. The lowest BCUT2D eigenvalue weighted by atomic mass is 10.0. The number of rotatable bonds is 10. The second-order valence-electron chi connectivity index (χ2n) is 5.83. The summed E-state index contributed by atoms with van der Waals surface area (Å²) in [6.45, 7) is 8.63. The minimum atomic E-state index is 0. The Morgan fingerprint density at radius 2 is 1.92 bits per heavy atom. The fraction of sp³-hybridized carbons (Fsp3) is 0.611. The number of nitrogens with zero attached hydrogens (tertiary/aromatic N) is 1. The molecule has 0 radical (unpaired) electrons. The summed E-state index contributed by atoms with van der Waals surface area (Å²) in [5.41, 5.74) is 6.86. The van der Waals surface area contributed by atoms with E-state index in [4.69, 9.17) is 10.5 Å². The van der Waals surface area contributed by atoms with Crippen LogP contribution < -0.4 is 15.8 Å². The zero-order valence-electron chi connectivity index (χ0n) is 15.7. The van der Waals surface area contributed by atoms with Crippen molar-refractivity contribution in [2.45, 2.75) is 45.7 Å². The third-order valence-corrected chi connectivity index (χ3v) is 4.05. The van der Waals surface area contributed by atoms with Crippen molar-refractivity contribution in [1.29, 1.82) is 0 Å². The molecule has 0 aliphatic heterocycles. The van der Waals surface area contributed by atoms with E-state index in [0.29, 0.717) is 19.4 Å². The van der Waals surface area contributed by atoms with E-state index in [9.17, 15) is 4.79 Å². The Balaban J connectivity index is 0. The summed E-state index contributed by atoms with van der Waals surface area (Å²) in [6, 6.07) is 8.24. The number of methoxy groups -OCH3 is 1. The minimum Gasteiger partial charge on any atom is -0.497 e. The van der Waals surface area contributed by atoms with Gasteiger partial charge in [-0.2, -0.15) is 0 Å². The van der Waals surface area contributed by atoms with E-state index in [1.165, 1.54) is 0 Å². The van der Waals surface area contributed by atoms with Gasteiger partial charge in [0.15, 0.2) is 0 Å². The first kappa shape index (κ1) is 26.2. The van der Waals surface area contributed by atoms with Gasteiger partial charge in [0.2, 0.25) is 5.91 Å². The van der Waals surface area contributed by atoms with Crippen LogP contribution in [-0.2, 0) is 4.79 Å². The molecule has 0 aliphatic carbocycles. The van der Waals surface area contributed by atoms with Crippen LogP contribution in [0.2, 0.25) is 0 Å². The molecule has 0 spiro atoms. The summed E-state index contributed by atoms with van der Waals surface area (Å²) in [4.78, 5) is 14.3. The van der Waals surface area contributed by atoms with E-state index in [2.05, 4.69) is 30.1 Å². The molecule has 0 heterocycles. The average molecular weight is 394 g/mol. The van der Waals surface area contributed by atoms with Gasteiger partial charge in [-0.25, -0.2) is 0 Å². The number of halogens is 2. The monoisotopic (exact) mass is 393 g/mol. The molecule has 0 saturated carbocycles. The molecule has 1 aromatic rings. The van der Waals surface area contributed by atoms with Crippen molar-refractivity contribution in [1.82, 2.24) is 10.2 Å². The van der Waals surface area contributed by atoms with E-state index in [1.54, 1.807) is 7.11 Å². The first-order valence-corrected chi connectivity index (χ1v) is 8.42. The van der Waals surface area contributed by atoms with Crippen molar-refractivity contribution >= 4 is 30.7 Å². The fourth-order valence-corrected chi connectivity index (χ4v) is 2.63. The van der Waals surface area contributed by atoms with Crippen molar-refractivity contribution in [3.8, 4) is 5.75 Å². The summed E-state index contributed by atoms with van der Waals surface area (Å²) in [7, 11) is 1.67. The maximum absolute atomic E-state index is 12.0. The molecule has 146 valence electrons. The molecule has 0 aromatic heterocycles.